The number of para-hydroxylation sites is 2. The van der Waals surface area contributed by atoms with Gasteiger partial charge in [-0.25, -0.2) is 0 Å². The van der Waals surface area contributed by atoms with E-state index in [4.69, 9.17) is 4.74 Å². The SMILES string of the molecule is COc1ccccc1N=CCc1ccsc1. The zero-order valence-corrected chi connectivity index (χ0v) is 9.91. The second-order valence-electron chi connectivity index (χ2n) is 3.32. The molecule has 1 aromatic carbocycles. The van der Waals surface area contributed by atoms with Gasteiger partial charge >= 0.3 is 0 Å². The van der Waals surface area contributed by atoms with Gasteiger partial charge in [0.1, 0.15) is 11.4 Å². The minimum atomic E-state index is 0.809. The van der Waals surface area contributed by atoms with Crippen LogP contribution in [0.4, 0.5) is 5.69 Å². The Kier molecular flexibility index (Phi) is 3.72. The Morgan fingerprint density at radius 3 is 2.94 bits per heavy atom. The molecule has 0 spiro atoms. The van der Waals surface area contributed by atoms with Crippen molar-refractivity contribution in [3.05, 3.63) is 46.7 Å². The van der Waals surface area contributed by atoms with Gasteiger partial charge in [0.05, 0.1) is 7.11 Å². The quantitative estimate of drug-likeness (QED) is 0.735. The van der Waals surface area contributed by atoms with E-state index < -0.39 is 0 Å². The molecule has 82 valence electrons. The first-order valence-electron chi connectivity index (χ1n) is 5.07. The lowest BCUT2D eigenvalue weighted by atomic mass is 10.2. The molecule has 3 heteroatoms. The van der Waals surface area contributed by atoms with Crippen molar-refractivity contribution in [2.75, 3.05) is 7.11 Å². The number of thiophene rings is 1. The largest absolute Gasteiger partial charge is 0.494 e. The number of benzene rings is 1. The average molecular weight is 231 g/mol. The first-order valence-corrected chi connectivity index (χ1v) is 6.01. The van der Waals surface area contributed by atoms with Crippen molar-refractivity contribution in [1.82, 2.24) is 0 Å². The molecule has 0 N–H and O–H groups in total. The fourth-order valence-electron chi connectivity index (χ4n) is 1.39. The zero-order chi connectivity index (χ0) is 11.2. The van der Waals surface area contributed by atoms with E-state index >= 15 is 0 Å². The van der Waals surface area contributed by atoms with E-state index in [1.54, 1.807) is 18.4 Å². The van der Waals surface area contributed by atoms with Crippen LogP contribution < -0.4 is 4.74 Å². The summed E-state index contributed by atoms with van der Waals surface area (Å²) in [6, 6.07) is 9.87. The predicted molar refractivity (Wildman–Crippen MR) is 69.2 cm³/mol. The minimum absolute atomic E-state index is 0.809. The fraction of sp³-hybridized carbons (Fsp3) is 0.154. The Labute approximate surface area is 99.2 Å². The first-order chi connectivity index (χ1) is 7.90. The van der Waals surface area contributed by atoms with Gasteiger partial charge in [0, 0.05) is 12.6 Å². The van der Waals surface area contributed by atoms with E-state index in [1.807, 2.05) is 30.5 Å². The molecule has 0 aliphatic rings. The summed E-state index contributed by atoms with van der Waals surface area (Å²) >= 11 is 1.71. The summed E-state index contributed by atoms with van der Waals surface area (Å²) in [6.45, 7) is 0. The lowest BCUT2D eigenvalue weighted by molar-refractivity contribution is 0.416. The molecule has 0 radical (unpaired) electrons. The van der Waals surface area contributed by atoms with Crippen LogP contribution in [0.3, 0.4) is 0 Å². The van der Waals surface area contributed by atoms with Gasteiger partial charge in [-0.05, 0) is 34.5 Å². The highest BCUT2D eigenvalue weighted by atomic mass is 32.1. The second kappa shape index (κ2) is 5.47. The predicted octanol–water partition coefficient (Wildman–Crippen LogP) is 3.70. The van der Waals surface area contributed by atoms with Gasteiger partial charge in [-0.1, -0.05) is 12.1 Å². The van der Waals surface area contributed by atoms with Crippen molar-refractivity contribution in [3.63, 3.8) is 0 Å². The minimum Gasteiger partial charge on any atom is -0.494 e. The number of hydrogen-bond acceptors (Lipinski definition) is 3. The van der Waals surface area contributed by atoms with E-state index in [0.29, 0.717) is 0 Å². The van der Waals surface area contributed by atoms with Crippen molar-refractivity contribution in [1.29, 1.82) is 0 Å². The third kappa shape index (κ3) is 2.70. The molecule has 0 aliphatic carbocycles. The summed E-state index contributed by atoms with van der Waals surface area (Å²) in [5, 5.41) is 4.21. The topological polar surface area (TPSA) is 21.6 Å². The Bertz CT molecular complexity index is 463. The van der Waals surface area contributed by atoms with Crippen molar-refractivity contribution < 1.29 is 4.74 Å². The molecular weight excluding hydrogens is 218 g/mol. The molecular formula is C13H13NOS. The molecule has 0 saturated carbocycles. The van der Waals surface area contributed by atoms with E-state index in [1.165, 1.54) is 5.56 Å². The molecule has 1 aromatic heterocycles. The van der Waals surface area contributed by atoms with Crippen LogP contribution in [0.15, 0.2) is 46.1 Å². The molecule has 0 bridgehead atoms. The summed E-state index contributed by atoms with van der Waals surface area (Å²) in [5.74, 6) is 0.809. The highest BCUT2D eigenvalue weighted by Crippen LogP contribution is 2.25. The molecule has 0 unspecified atom stereocenters. The van der Waals surface area contributed by atoms with Gasteiger partial charge in [-0.2, -0.15) is 11.3 Å². The van der Waals surface area contributed by atoms with Crippen LogP contribution in [0.2, 0.25) is 0 Å². The molecule has 2 nitrogen and oxygen atoms in total. The van der Waals surface area contributed by atoms with Crippen LogP contribution in [0.25, 0.3) is 0 Å². The lowest BCUT2D eigenvalue weighted by Crippen LogP contribution is -1.84. The van der Waals surface area contributed by atoms with Crippen LogP contribution in [0.5, 0.6) is 5.75 Å². The number of rotatable bonds is 4. The summed E-state index contributed by atoms with van der Waals surface area (Å²) in [5.41, 5.74) is 2.17. The molecule has 0 atom stereocenters. The maximum absolute atomic E-state index is 5.22. The molecule has 1 heterocycles. The Morgan fingerprint density at radius 2 is 2.19 bits per heavy atom. The van der Waals surface area contributed by atoms with Gasteiger partial charge in [0.25, 0.3) is 0 Å². The van der Waals surface area contributed by atoms with E-state index in [0.717, 1.165) is 17.9 Å². The molecule has 0 saturated heterocycles. The average Bonchev–Trinajstić information content (AvgIpc) is 2.83. The monoisotopic (exact) mass is 231 g/mol. The van der Waals surface area contributed by atoms with Crippen LogP contribution in [-0.2, 0) is 6.42 Å². The van der Waals surface area contributed by atoms with Crippen molar-refractivity contribution in [2.24, 2.45) is 4.99 Å². The maximum atomic E-state index is 5.22. The van der Waals surface area contributed by atoms with E-state index in [9.17, 15) is 0 Å². The summed E-state index contributed by atoms with van der Waals surface area (Å²) in [7, 11) is 1.66. The van der Waals surface area contributed by atoms with Crippen LogP contribution in [0, 0.1) is 0 Å². The molecule has 2 aromatic rings. The number of methoxy groups -OCH3 is 1. The highest BCUT2D eigenvalue weighted by molar-refractivity contribution is 7.07. The van der Waals surface area contributed by atoms with Gasteiger partial charge in [-0.3, -0.25) is 4.99 Å². The molecule has 16 heavy (non-hydrogen) atoms. The number of nitrogens with zero attached hydrogens (tertiary/aromatic N) is 1. The third-order valence-electron chi connectivity index (χ3n) is 2.22. The van der Waals surface area contributed by atoms with Gasteiger partial charge in [0.2, 0.25) is 0 Å². The van der Waals surface area contributed by atoms with Crippen molar-refractivity contribution >= 4 is 23.2 Å². The number of ether oxygens (including phenoxy) is 1. The standard InChI is InChI=1S/C13H13NOS/c1-15-13-5-3-2-4-12(13)14-8-6-11-7-9-16-10-11/h2-5,7-10H,6H2,1H3. The normalized spacial score (nSPS) is 10.8. The number of aliphatic imine (C=N–C) groups is 1. The Morgan fingerprint density at radius 1 is 1.31 bits per heavy atom. The van der Waals surface area contributed by atoms with Crippen LogP contribution in [0.1, 0.15) is 5.56 Å². The summed E-state index contributed by atoms with van der Waals surface area (Å²) in [6.07, 6.45) is 2.78. The third-order valence-corrected chi connectivity index (χ3v) is 2.95. The van der Waals surface area contributed by atoms with Gasteiger partial charge < -0.3 is 4.74 Å². The summed E-state index contributed by atoms with van der Waals surface area (Å²) < 4.78 is 5.22. The molecule has 2 rings (SSSR count). The Balaban J connectivity index is 2.05. The summed E-state index contributed by atoms with van der Waals surface area (Å²) in [4.78, 5) is 4.41. The molecule has 0 aliphatic heterocycles. The van der Waals surface area contributed by atoms with Crippen molar-refractivity contribution in [3.8, 4) is 5.75 Å². The number of hydrogen-bond donors (Lipinski definition) is 0. The van der Waals surface area contributed by atoms with Gasteiger partial charge in [-0.15, -0.1) is 0 Å². The van der Waals surface area contributed by atoms with Crippen molar-refractivity contribution in [2.45, 2.75) is 6.42 Å². The van der Waals surface area contributed by atoms with E-state index in [-0.39, 0.29) is 0 Å². The lowest BCUT2D eigenvalue weighted by Gasteiger charge is -2.02. The second-order valence-corrected chi connectivity index (χ2v) is 4.10. The molecule has 0 fully saturated rings. The maximum Gasteiger partial charge on any atom is 0.144 e. The highest BCUT2D eigenvalue weighted by Gasteiger charge is 1.97. The Hall–Kier alpha value is -1.61. The zero-order valence-electron chi connectivity index (χ0n) is 9.09. The first kappa shape index (κ1) is 10.9. The van der Waals surface area contributed by atoms with Crippen LogP contribution >= 0.6 is 11.3 Å². The molecule has 0 amide bonds. The fourth-order valence-corrected chi connectivity index (χ4v) is 2.08. The van der Waals surface area contributed by atoms with Crippen LogP contribution in [-0.4, -0.2) is 13.3 Å². The van der Waals surface area contributed by atoms with E-state index in [2.05, 4.69) is 21.8 Å². The smallest absolute Gasteiger partial charge is 0.144 e. The van der Waals surface area contributed by atoms with Gasteiger partial charge in [0.15, 0.2) is 0 Å².